The topological polar surface area (TPSA) is 435 Å². The molecule has 0 radical (unpaired) electrons. The minimum absolute atomic E-state index is 0.00249. The number of carbonyl (C=O) groups is 8. The highest BCUT2D eigenvalue weighted by atomic mass is 32.1. The molecule has 8 aromatic rings. The lowest BCUT2D eigenvalue weighted by molar-refractivity contribution is -0.280. The predicted octanol–water partition coefficient (Wildman–Crippen LogP) is 4.18. The van der Waals surface area contributed by atoms with Gasteiger partial charge in [0.1, 0.15) is 124 Å². The fourth-order valence-corrected chi connectivity index (χ4v) is 15.8. The molecule has 1 unspecified atom stereocenters. The fourth-order valence-electron chi connectivity index (χ4n) is 11.6. The van der Waals surface area contributed by atoms with Crippen LogP contribution in [0.25, 0.3) is 49.3 Å². The Bertz CT molecular complexity index is 4550. The van der Waals surface area contributed by atoms with Crippen molar-refractivity contribution in [3.63, 3.8) is 0 Å². The summed E-state index contributed by atoms with van der Waals surface area (Å²) in [5, 5.41) is 54.5. The SMILES string of the molecule is C=C(NC(=O)c1csc(-c2nc3c(cc2O)-c2nc(cs2)C(=O)N[C@@H]([C@@H](C)O)C(=O)N/C(=C(\C)OC)c2nc(cs2)C(=O)N[C@@H]2c4ncc(s4)C(=O)N[C@@H](COC(=O)c4[nH]c5cccc6c5c4COC2[C@H](O[C@H]2C[C@](C)(O)[C@H](N(C)C)[C@H](C)O2)C(=O)OC6)c2nc-3cs2)n1)C(N)=O. The van der Waals surface area contributed by atoms with Gasteiger partial charge in [-0.3, -0.25) is 28.8 Å². The molecule has 10 atom stereocenters. The Morgan fingerprint density at radius 2 is 1.61 bits per heavy atom. The van der Waals surface area contributed by atoms with Crippen molar-refractivity contribution < 1.29 is 82.1 Å². The molecule has 0 saturated carbocycles. The molecule has 97 heavy (non-hydrogen) atoms. The van der Waals surface area contributed by atoms with E-state index in [1.54, 1.807) is 56.4 Å². The van der Waals surface area contributed by atoms with Crippen molar-refractivity contribution in [2.24, 2.45) is 5.73 Å². The molecule has 6 amide bonds. The molecular weight excluding hydrogens is 1360 g/mol. The number of methoxy groups -OCH3 is 1. The number of fused-ring (bicyclic) bond motifs is 15. The zero-order valence-electron chi connectivity index (χ0n) is 52.2. The van der Waals surface area contributed by atoms with E-state index in [2.05, 4.69) is 58.1 Å². The van der Waals surface area contributed by atoms with Gasteiger partial charge in [0.25, 0.3) is 29.5 Å². The maximum Gasteiger partial charge on any atom is 0.355 e. The number of nitrogens with two attached hydrogens (primary N) is 1. The van der Waals surface area contributed by atoms with Crippen LogP contribution in [0, 0.1) is 0 Å². The zero-order chi connectivity index (χ0) is 69.0. The van der Waals surface area contributed by atoms with Gasteiger partial charge in [0.2, 0.25) is 5.91 Å². The molecule has 0 spiro atoms. The van der Waals surface area contributed by atoms with Gasteiger partial charge in [-0.2, -0.15) is 0 Å². The largest absolute Gasteiger partial charge is 0.506 e. The Morgan fingerprint density at radius 3 is 2.33 bits per heavy atom. The van der Waals surface area contributed by atoms with E-state index >= 15 is 9.59 Å². The maximum atomic E-state index is 15.2. The first kappa shape index (κ1) is 67.6. The van der Waals surface area contributed by atoms with Gasteiger partial charge in [-0.15, -0.1) is 56.7 Å². The summed E-state index contributed by atoms with van der Waals surface area (Å²) in [4.78, 5) is 147. The molecule has 1 saturated heterocycles. The summed E-state index contributed by atoms with van der Waals surface area (Å²) in [5.74, 6) is -7.78. The number of nitrogens with zero attached hydrogens (tertiary/aromatic N) is 7. The predicted molar refractivity (Wildman–Crippen MR) is 349 cm³/mol. The number of nitrogens with one attached hydrogen (secondary N) is 6. The second kappa shape index (κ2) is 27.3. The fraction of sp³-hybridized carbons (Fsp3) is 0.344. The minimum Gasteiger partial charge on any atom is -0.506 e. The number of likely N-dealkylation sites (N-methyl/N-ethyl adjacent to an activating group) is 1. The zero-order valence-corrected chi connectivity index (χ0v) is 56.3. The van der Waals surface area contributed by atoms with Crippen LogP contribution in [0.3, 0.4) is 0 Å². The van der Waals surface area contributed by atoms with Gasteiger partial charge in [-0.1, -0.05) is 18.7 Å². The molecule has 0 aliphatic carbocycles. The molecule has 36 heteroatoms. The number of cyclic esters (lactones) is 2. The van der Waals surface area contributed by atoms with E-state index in [4.69, 9.17) is 44.1 Å². The number of benzene rings is 1. The van der Waals surface area contributed by atoms with Gasteiger partial charge in [0.05, 0.1) is 49.5 Å². The van der Waals surface area contributed by atoms with E-state index < -0.39 is 133 Å². The normalized spacial score (nSPS) is 24.1. The van der Waals surface area contributed by atoms with E-state index in [0.29, 0.717) is 16.5 Å². The number of aromatic hydroxyl groups is 1. The second-order valence-electron chi connectivity index (χ2n) is 23.2. The summed E-state index contributed by atoms with van der Waals surface area (Å²) < 4.78 is 37.8. The third-order valence-corrected chi connectivity index (χ3v) is 20.8. The van der Waals surface area contributed by atoms with Crippen LogP contribution in [0.4, 0.5) is 0 Å². The lowest BCUT2D eigenvalue weighted by Gasteiger charge is -2.48. The van der Waals surface area contributed by atoms with E-state index in [1.165, 1.54) is 49.4 Å². The number of ether oxygens (including phenoxy) is 6. The Morgan fingerprint density at radius 1 is 0.887 bits per heavy atom. The van der Waals surface area contributed by atoms with Crippen molar-refractivity contribution in [2.75, 3.05) is 27.8 Å². The van der Waals surface area contributed by atoms with Crippen molar-refractivity contribution in [1.82, 2.24) is 66.4 Å². The van der Waals surface area contributed by atoms with Gasteiger partial charge in [0, 0.05) is 50.0 Å². The van der Waals surface area contributed by atoms with Crippen molar-refractivity contribution >= 4 is 121 Å². The molecule has 11 N–H and O–H groups in total. The van der Waals surface area contributed by atoms with Crippen LogP contribution in [-0.4, -0.2) is 179 Å². The highest BCUT2D eigenvalue weighted by Gasteiger charge is 2.50. The Balaban J connectivity index is 1.03. The quantitative estimate of drug-likeness (QED) is 0.0550. The van der Waals surface area contributed by atoms with Crippen LogP contribution in [-0.2, 0) is 56.0 Å². The second-order valence-corrected chi connectivity index (χ2v) is 27.7. The number of allylic oxidation sites excluding steroid dienone is 1. The summed E-state index contributed by atoms with van der Waals surface area (Å²) in [6, 6.07) is 1.26. The van der Waals surface area contributed by atoms with Gasteiger partial charge < -0.3 is 85.9 Å². The molecular formula is C61H60N14O17S5. The summed E-state index contributed by atoms with van der Waals surface area (Å²) in [6.45, 7) is 8.11. The Hall–Kier alpha value is -9.34. The Labute approximate surface area is 569 Å². The number of hydrogen-bond acceptors (Lipinski definition) is 29. The smallest absolute Gasteiger partial charge is 0.355 e. The number of rotatable bonds is 9. The van der Waals surface area contributed by atoms with Crippen LogP contribution >= 0.6 is 56.7 Å². The Kier molecular flexibility index (Phi) is 19.0. The maximum absolute atomic E-state index is 15.2. The summed E-state index contributed by atoms with van der Waals surface area (Å²) >= 11 is 4.50. The lowest BCUT2D eigenvalue weighted by atomic mass is 9.85. The van der Waals surface area contributed by atoms with Crippen LogP contribution < -0.4 is 32.3 Å². The first-order valence-electron chi connectivity index (χ1n) is 29.5. The van der Waals surface area contributed by atoms with Gasteiger partial charge >= 0.3 is 11.9 Å². The van der Waals surface area contributed by atoms with Crippen molar-refractivity contribution in [2.45, 2.75) is 108 Å². The number of thiazole rings is 5. The molecule has 7 aromatic heterocycles. The molecule has 4 aliphatic heterocycles. The third-order valence-electron chi connectivity index (χ3n) is 16.2. The molecule has 31 nitrogen and oxygen atoms in total. The lowest BCUT2D eigenvalue weighted by Crippen LogP contribution is -2.62. The molecule has 506 valence electrons. The van der Waals surface area contributed by atoms with Crippen LogP contribution in [0.15, 0.2) is 70.0 Å². The number of primary amides is 1. The van der Waals surface area contributed by atoms with Crippen LogP contribution in [0.1, 0.15) is 124 Å². The summed E-state index contributed by atoms with van der Waals surface area (Å²) in [6.07, 6.45) is -6.08. The van der Waals surface area contributed by atoms with E-state index in [1.807, 2.05) is 0 Å². The average Bonchev–Trinajstić information content (AvgIpc) is 1.75. The van der Waals surface area contributed by atoms with Crippen LogP contribution in [0.5, 0.6) is 5.75 Å². The number of aliphatic hydroxyl groups is 2. The number of amides is 6. The van der Waals surface area contributed by atoms with Gasteiger partial charge in [-0.25, -0.2) is 39.5 Å². The number of aromatic nitrogens is 7. The number of carbonyl (C=O) groups excluding carboxylic acids is 8. The summed E-state index contributed by atoms with van der Waals surface area (Å²) in [5.41, 5.74) is 3.59. The standard InChI is InChI=1S/C61H60N14O17S5/c1-22(48(62)78)64-49(79)32-20-96-58(70-32)43-35(77)12-27-41(71-43)31-18-94-55(67-31)30-17-90-59(84)42-28-16-88-45(46(60(85)89-15-26-10-9-11-29(65-42)38(26)28)92-37-13-61(5,86)47(75(6)7)25(4)91-37)44(56-63-14-36(97-56)52(82)66-30)74-51(81)34-21-95-57(69-34)40(24(3)87-8)73-53(83)39(23(2)76)72-50(80)33-19-93-54(27)68-33/h9-12,14,18-21,23,25,30,37,39,44-47,65,76-77,86H,1,13,15-17H2,2-8H3,(H2,62,78)(H,64,79)(H,66,82)(H,72,80)(H,73,83)(H,74,81)/b40-24+/t23-,25+,30+,37+,39+,44+,45?,46+,47-,61+/m1/s1. The highest BCUT2D eigenvalue weighted by molar-refractivity contribution is 7.14. The van der Waals surface area contributed by atoms with E-state index in [-0.39, 0.29) is 105 Å². The van der Waals surface area contributed by atoms with Gasteiger partial charge in [0.15, 0.2) is 12.4 Å². The molecule has 1 aromatic carbocycles. The average molecular weight is 1420 g/mol. The van der Waals surface area contributed by atoms with E-state index in [9.17, 15) is 44.1 Å². The number of hydrogen-bond donors (Lipinski definition) is 10. The molecule has 12 rings (SSSR count). The van der Waals surface area contributed by atoms with Crippen LogP contribution in [0.2, 0.25) is 0 Å². The molecule has 12 bridgehead atoms. The monoisotopic (exact) mass is 1420 g/mol. The van der Waals surface area contributed by atoms with Crippen molar-refractivity contribution in [3.05, 3.63) is 124 Å². The number of H-pyrrole nitrogens is 1. The first-order chi connectivity index (χ1) is 46.2. The molecule has 1 fully saturated rings. The van der Waals surface area contributed by atoms with Gasteiger partial charge in [-0.05, 0) is 59.5 Å². The highest BCUT2D eigenvalue weighted by Crippen LogP contribution is 2.43. The van der Waals surface area contributed by atoms with E-state index in [0.717, 1.165) is 56.7 Å². The molecule has 4 aliphatic rings. The number of esters is 2. The number of aromatic amines is 1. The minimum atomic E-state index is -1.86. The number of aliphatic hydroxyl groups excluding tert-OH is 1. The first-order valence-corrected chi connectivity index (χ1v) is 33.9. The number of pyridine rings is 1. The van der Waals surface area contributed by atoms with Crippen molar-refractivity contribution in [3.8, 4) is 38.4 Å². The third kappa shape index (κ3) is 13.6. The van der Waals surface area contributed by atoms with Crippen molar-refractivity contribution in [1.29, 1.82) is 0 Å². The molecule has 11 heterocycles. The summed E-state index contributed by atoms with van der Waals surface area (Å²) in [7, 11) is 4.88.